The molecular formula is C14H23NO4. The maximum atomic E-state index is 12.4. The molecule has 1 saturated carbocycles. The van der Waals surface area contributed by atoms with Gasteiger partial charge in [-0.3, -0.25) is 9.59 Å². The minimum atomic E-state index is -0.787. The number of aliphatic carboxylic acids is 1. The van der Waals surface area contributed by atoms with Crippen LogP contribution in [0.15, 0.2) is 0 Å². The normalized spacial score (nSPS) is 26.4. The summed E-state index contributed by atoms with van der Waals surface area (Å²) in [7, 11) is 0. The predicted octanol–water partition coefficient (Wildman–Crippen LogP) is 1.66. The van der Waals surface area contributed by atoms with E-state index in [0.717, 1.165) is 25.7 Å². The SMILES string of the molecule is CC1CN(C(=O)CC2(CC(=O)O)CCCC2)CCO1. The number of amides is 1. The van der Waals surface area contributed by atoms with Crippen LogP contribution in [0.25, 0.3) is 0 Å². The number of hydrogen-bond acceptors (Lipinski definition) is 3. The van der Waals surface area contributed by atoms with Crippen LogP contribution in [0.5, 0.6) is 0 Å². The fourth-order valence-electron chi connectivity index (χ4n) is 3.34. The van der Waals surface area contributed by atoms with Crippen molar-refractivity contribution < 1.29 is 19.4 Å². The van der Waals surface area contributed by atoms with E-state index < -0.39 is 5.97 Å². The number of nitrogens with zero attached hydrogens (tertiary/aromatic N) is 1. The Morgan fingerprint density at radius 1 is 1.32 bits per heavy atom. The third-order valence-corrected chi connectivity index (χ3v) is 4.31. The van der Waals surface area contributed by atoms with Crippen molar-refractivity contribution in [2.24, 2.45) is 5.41 Å². The second-order valence-corrected chi connectivity index (χ2v) is 5.98. The van der Waals surface area contributed by atoms with Crippen LogP contribution >= 0.6 is 0 Å². The highest BCUT2D eigenvalue weighted by molar-refractivity contribution is 5.78. The third kappa shape index (κ3) is 3.69. The van der Waals surface area contributed by atoms with Crippen LogP contribution in [0.2, 0.25) is 0 Å². The molecule has 0 bridgehead atoms. The van der Waals surface area contributed by atoms with Crippen LogP contribution in [0.3, 0.4) is 0 Å². The first kappa shape index (κ1) is 14.3. The summed E-state index contributed by atoms with van der Waals surface area (Å²) in [6, 6.07) is 0. The first-order valence-corrected chi connectivity index (χ1v) is 7.12. The monoisotopic (exact) mass is 269 g/mol. The molecule has 1 heterocycles. The molecule has 108 valence electrons. The zero-order valence-corrected chi connectivity index (χ0v) is 11.6. The number of ether oxygens (including phenoxy) is 1. The highest BCUT2D eigenvalue weighted by Crippen LogP contribution is 2.44. The molecule has 1 aliphatic heterocycles. The van der Waals surface area contributed by atoms with E-state index in [0.29, 0.717) is 26.1 Å². The van der Waals surface area contributed by atoms with Gasteiger partial charge in [0.05, 0.1) is 19.1 Å². The fourth-order valence-corrected chi connectivity index (χ4v) is 3.34. The zero-order valence-electron chi connectivity index (χ0n) is 11.6. The van der Waals surface area contributed by atoms with Gasteiger partial charge in [0.25, 0.3) is 0 Å². The van der Waals surface area contributed by atoms with E-state index in [1.807, 2.05) is 11.8 Å². The molecule has 2 aliphatic rings. The molecule has 2 rings (SSSR count). The van der Waals surface area contributed by atoms with Crippen molar-refractivity contribution in [3.63, 3.8) is 0 Å². The summed E-state index contributed by atoms with van der Waals surface area (Å²) in [5, 5.41) is 9.06. The molecule has 1 aliphatic carbocycles. The summed E-state index contributed by atoms with van der Waals surface area (Å²) in [5.41, 5.74) is -0.301. The van der Waals surface area contributed by atoms with Gasteiger partial charge in [-0.2, -0.15) is 0 Å². The van der Waals surface area contributed by atoms with E-state index in [9.17, 15) is 9.59 Å². The quantitative estimate of drug-likeness (QED) is 0.843. The Kier molecular flexibility index (Phi) is 4.45. The topological polar surface area (TPSA) is 66.8 Å². The average Bonchev–Trinajstić information content (AvgIpc) is 2.76. The lowest BCUT2D eigenvalue weighted by molar-refractivity contribution is -0.144. The minimum absolute atomic E-state index is 0.0803. The van der Waals surface area contributed by atoms with Gasteiger partial charge in [0.15, 0.2) is 0 Å². The van der Waals surface area contributed by atoms with E-state index in [1.54, 1.807) is 0 Å². The van der Waals surface area contributed by atoms with Crippen molar-refractivity contribution in [3.05, 3.63) is 0 Å². The molecule has 1 N–H and O–H groups in total. The van der Waals surface area contributed by atoms with Gasteiger partial charge in [-0.05, 0) is 25.2 Å². The fraction of sp³-hybridized carbons (Fsp3) is 0.857. The molecule has 1 saturated heterocycles. The Morgan fingerprint density at radius 2 is 2.00 bits per heavy atom. The zero-order chi connectivity index (χ0) is 13.9. The average molecular weight is 269 g/mol. The number of carbonyl (C=O) groups excluding carboxylic acids is 1. The van der Waals surface area contributed by atoms with Crippen LogP contribution in [0, 0.1) is 5.41 Å². The van der Waals surface area contributed by atoms with Crippen molar-refractivity contribution in [1.29, 1.82) is 0 Å². The van der Waals surface area contributed by atoms with Crippen LogP contribution in [0.4, 0.5) is 0 Å². The highest BCUT2D eigenvalue weighted by Gasteiger charge is 2.39. The van der Waals surface area contributed by atoms with E-state index in [4.69, 9.17) is 9.84 Å². The molecule has 1 unspecified atom stereocenters. The minimum Gasteiger partial charge on any atom is -0.481 e. The number of carboxylic acid groups (broad SMARTS) is 1. The molecule has 19 heavy (non-hydrogen) atoms. The second-order valence-electron chi connectivity index (χ2n) is 5.98. The Hall–Kier alpha value is -1.10. The second kappa shape index (κ2) is 5.90. The van der Waals surface area contributed by atoms with Gasteiger partial charge in [-0.25, -0.2) is 0 Å². The van der Waals surface area contributed by atoms with Crippen LogP contribution < -0.4 is 0 Å². The highest BCUT2D eigenvalue weighted by atomic mass is 16.5. The van der Waals surface area contributed by atoms with Gasteiger partial charge in [0.2, 0.25) is 5.91 Å². The maximum absolute atomic E-state index is 12.4. The Labute approximate surface area is 113 Å². The number of hydrogen-bond donors (Lipinski definition) is 1. The van der Waals surface area contributed by atoms with Crippen molar-refractivity contribution in [1.82, 2.24) is 4.90 Å². The summed E-state index contributed by atoms with van der Waals surface area (Å²) in [5.74, 6) is -0.691. The van der Waals surface area contributed by atoms with Crippen molar-refractivity contribution in [2.45, 2.75) is 51.6 Å². The molecule has 0 spiro atoms. The van der Waals surface area contributed by atoms with Gasteiger partial charge in [0, 0.05) is 19.5 Å². The molecule has 5 nitrogen and oxygen atoms in total. The van der Waals surface area contributed by atoms with Crippen LogP contribution in [0.1, 0.15) is 45.4 Å². The van der Waals surface area contributed by atoms with E-state index >= 15 is 0 Å². The Balaban J connectivity index is 1.96. The van der Waals surface area contributed by atoms with Gasteiger partial charge >= 0.3 is 5.97 Å². The first-order valence-electron chi connectivity index (χ1n) is 7.12. The molecule has 0 aromatic heterocycles. The van der Waals surface area contributed by atoms with E-state index in [-0.39, 0.29) is 23.8 Å². The van der Waals surface area contributed by atoms with E-state index in [1.165, 1.54) is 0 Å². The molecule has 0 aromatic carbocycles. The Morgan fingerprint density at radius 3 is 2.58 bits per heavy atom. The van der Waals surface area contributed by atoms with Gasteiger partial charge in [-0.1, -0.05) is 12.8 Å². The number of carbonyl (C=O) groups is 2. The molecule has 5 heteroatoms. The number of carboxylic acids is 1. The third-order valence-electron chi connectivity index (χ3n) is 4.31. The maximum Gasteiger partial charge on any atom is 0.303 e. The molecular weight excluding hydrogens is 246 g/mol. The summed E-state index contributed by atoms with van der Waals surface area (Å²) < 4.78 is 5.43. The summed E-state index contributed by atoms with van der Waals surface area (Å²) >= 11 is 0. The van der Waals surface area contributed by atoms with Crippen LogP contribution in [-0.4, -0.2) is 47.7 Å². The predicted molar refractivity (Wildman–Crippen MR) is 69.8 cm³/mol. The molecule has 1 atom stereocenters. The molecule has 1 amide bonds. The van der Waals surface area contributed by atoms with Crippen molar-refractivity contribution in [2.75, 3.05) is 19.7 Å². The number of morpholine rings is 1. The van der Waals surface area contributed by atoms with E-state index in [2.05, 4.69) is 0 Å². The lowest BCUT2D eigenvalue weighted by Gasteiger charge is -2.34. The Bertz CT molecular complexity index is 349. The standard InChI is InChI=1S/C14H23NO4/c1-11-10-15(6-7-19-11)12(16)8-14(9-13(17)18)4-2-3-5-14/h11H,2-10H2,1H3,(H,17,18). The summed E-state index contributed by atoms with van der Waals surface area (Å²) in [6.07, 6.45) is 4.40. The number of rotatable bonds is 4. The van der Waals surface area contributed by atoms with Crippen molar-refractivity contribution in [3.8, 4) is 0 Å². The first-order chi connectivity index (χ1) is 9.01. The largest absolute Gasteiger partial charge is 0.481 e. The van der Waals surface area contributed by atoms with Gasteiger partial charge in [-0.15, -0.1) is 0 Å². The van der Waals surface area contributed by atoms with Gasteiger partial charge < -0.3 is 14.7 Å². The van der Waals surface area contributed by atoms with Crippen LogP contribution in [-0.2, 0) is 14.3 Å². The lowest BCUT2D eigenvalue weighted by Crippen LogP contribution is -2.46. The summed E-state index contributed by atoms with van der Waals surface area (Å²) in [4.78, 5) is 25.2. The molecule has 0 radical (unpaired) electrons. The van der Waals surface area contributed by atoms with Gasteiger partial charge in [0.1, 0.15) is 0 Å². The smallest absolute Gasteiger partial charge is 0.303 e. The molecule has 0 aromatic rings. The van der Waals surface area contributed by atoms with Crippen molar-refractivity contribution >= 4 is 11.9 Å². The molecule has 2 fully saturated rings. The lowest BCUT2D eigenvalue weighted by atomic mass is 9.79. The summed E-state index contributed by atoms with van der Waals surface area (Å²) in [6.45, 7) is 3.80.